The van der Waals surface area contributed by atoms with Gasteiger partial charge in [-0.1, -0.05) is 67.9 Å². The van der Waals surface area contributed by atoms with Crippen molar-refractivity contribution in [2.45, 2.75) is 63.6 Å². The molecule has 40 heavy (non-hydrogen) atoms. The van der Waals surface area contributed by atoms with Crippen molar-refractivity contribution in [3.8, 4) is 5.75 Å². The van der Waals surface area contributed by atoms with Crippen molar-refractivity contribution in [1.82, 2.24) is 25.1 Å². The topological polar surface area (TPSA) is 114 Å². The van der Waals surface area contributed by atoms with Crippen molar-refractivity contribution < 1.29 is 17.9 Å². The fourth-order valence-corrected chi connectivity index (χ4v) is 6.81. The van der Waals surface area contributed by atoms with Gasteiger partial charge in [-0.05, 0) is 43.0 Å². The number of ether oxygens (including phenoxy) is 1. The van der Waals surface area contributed by atoms with Crippen LogP contribution in [0.15, 0.2) is 53.4 Å². The van der Waals surface area contributed by atoms with Gasteiger partial charge in [0.25, 0.3) is 0 Å². The monoisotopic (exact) mass is 587 g/mol. The predicted molar refractivity (Wildman–Crippen MR) is 156 cm³/mol. The number of hydrogen-bond acceptors (Lipinski definition) is 6. The summed E-state index contributed by atoms with van der Waals surface area (Å²) in [6.45, 7) is 8.18. The van der Waals surface area contributed by atoms with E-state index in [2.05, 4.69) is 40.4 Å². The molecule has 0 saturated carbocycles. The van der Waals surface area contributed by atoms with Crippen molar-refractivity contribution in [2.75, 3.05) is 13.2 Å². The number of carbonyl (C=O) groups excluding carboxylic acids is 1. The van der Waals surface area contributed by atoms with Gasteiger partial charge in [0.05, 0.1) is 24.4 Å². The summed E-state index contributed by atoms with van der Waals surface area (Å²) in [5, 5.41) is 10.7. The second kappa shape index (κ2) is 13.2. The molecule has 3 N–H and O–H groups in total. The molecule has 4 rings (SSSR count). The first kappa shape index (κ1) is 30.0. The molecule has 3 aromatic rings. The van der Waals surface area contributed by atoms with Crippen LogP contribution in [-0.2, 0) is 28.4 Å². The third kappa shape index (κ3) is 7.42. The Bertz CT molecular complexity index is 1430. The van der Waals surface area contributed by atoms with Crippen LogP contribution in [0, 0.1) is 12.8 Å². The first-order chi connectivity index (χ1) is 19.0. The maximum atomic E-state index is 13.4. The summed E-state index contributed by atoms with van der Waals surface area (Å²) in [6, 6.07) is 14.1. The zero-order valence-corrected chi connectivity index (χ0v) is 25.0. The summed E-state index contributed by atoms with van der Waals surface area (Å²) in [7, 11) is -2.49. The van der Waals surface area contributed by atoms with Crippen LogP contribution < -0.4 is 20.1 Å². The van der Waals surface area contributed by atoms with E-state index in [9.17, 15) is 13.2 Å². The molecule has 1 amide bonds. The normalized spacial score (nSPS) is 15.9. The second-order valence-corrected chi connectivity index (χ2v) is 12.6. The van der Waals surface area contributed by atoms with Crippen LogP contribution in [0.4, 0.5) is 0 Å². The zero-order valence-electron chi connectivity index (χ0n) is 23.4. The van der Waals surface area contributed by atoms with Gasteiger partial charge in [-0.3, -0.25) is 9.48 Å². The molecule has 2 aromatic carbocycles. The van der Waals surface area contributed by atoms with E-state index in [0.29, 0.717) is 24.5 Å². The van der Waals surface area contributed by atoms with Gasteiger partial charge in [0.1, 0.15) is 15.8 Å². The van der Waals surface area contributed by atoms with E-state index in [4.69, 9.17) is 16.3 Å². The summed E-state index contributed by atoms with van der Waals surface area (Å²) < 4.78 is 36.6. The van der Waals surface area contributed by atoms with Gasteiger partial charge in [-0.2, -0.15) is 5.10 Å². The lowest BCUT2D eigenvalue weighted by molar-refractivity contribution is -0.122. The van der Waals surface area contributed by atoms with Crippen molar-refractivity contribution >= 4 is 27.5 Å². The Labute approximate surface area is 241 Å². The van der Waals surface area contributed by atoms with Crippen LogP contribution in [0.3, 0.4) is 0 Å². The zero-order chi connectivity index (χ0) is 28.9. The Balaban J connectivity index is 1.47. The minimum atomic E-state index is -4.07. The predicted octanol–water partition coefficient (Wildman–Crippen LogP) is 4.57. The average Bonchev–Trinajstić information content (AvgIpc) is 3.17. The molecule has 0 spiro atoms. The molecule has 2 atom stereocenters. The van der Waals surface area contributed by atoms with Crippen LogP contribution in [0.5, 0.6) is 5.75 Å². The number of aryl methyl sites for hydroxylation is 2. The molecule has 1 aliphatic heterocycles. The number of sulfonamides is 1. The van der Waals surface area contributed by atoms with Crippen molar-refractivity contribution in [2.24, 2.45) is 13.0 Å². The number of amides is 1. The van der Waals surface area contributed by atoms with Crippen LogP contribution in [0.1, 0.15) is 67.6 Å². The van der Waals surface area contributed by atoms with Gasteiger partial charge >= 0.3 is 0 Å². The van der Waals surface area contributed by atoms with Gasteiger partial charge in [-0.25, -0.2) is 13.1 Å². The number of nitrogens with one attached hydrogen (secondary N) is 3. The third-order valence-corrected chi connectivity index (χ3v) is 9.10. The number of hydrogen-bond donors (Lipinski definition) is 3. The van der Waals surface area contributed by atoms with Gasteiger partial charge in [0.15, 0.2) is 0 Å². The standard InChI is InChI=1S/C29H38ClN5O4S/c1-19(2)12-14-31-18-21-10-11-23-24(13-15-39-26(23)16-21)32-27(36)17-25(22-8-6-5-7-9-22)34-40(37,38)28-20(3)33-35(4)29(28)30/h5-11,16,19,24-25,31,34H,12-15,17-18H2,1-4H3,(H,32,36). The molecule has 1 aliphatic rings. The Morgan fingerprint density at radius 2 is 1.95 bits per heavy atom. The van der Waals surface area contributed by atoms with E-state index in [-0.39, 0.29) is 34.1 Å². The van der Waals surface area contributed by atoms with E-state index in [0.717, 1.165) is 36.4 Å². The molecule has 2 unspecified atom stereocenters. The Hall–Kier alpha value is -2.92. The van der Waals surface area contributed by atoms with Crippen molar-refractivity contribution in [1.29, 1.82) is 0 Å². The molecule has 2 heterocycles. The highest BCUT2D eigenvalue weighted by atomic mass is 35.5. The number of benzene rings is 2. The Morgan fingerprint density at radius 1 is 1.20 bits per heavy atom. The lowest BCUT2D eigenvalue weighted by Gasteiger charge is -2.28. The van der Waals surface area contributed by atoms with Crippen LogP contribution >= 0.6 is 11.6 Å². The summed E-state index contributed by atoms with van der Waals surface area (Å²) >= 11 is 6.26. The highest BCUT2D eigenvalue weighted by Crippen LogP contribution is 2.33. The molecule has 0 fully saturated rings. The first-order valence-electron chi connectivity index (χ1n) is 13.6. The molecule has 0 bridgehead atoms. The lowest BCUT2D eigenvalue weighted by Crippen LogP contribution is -2.36. The number of fused-ring (bicyclic) bond motifs is 1. The number of halogens is 1. The summed E-state index contributed by atoms with van der Waals surface area (Å²) in [5.41, 5.74) is 2.99. The fraction of sp³-hybridized carbons (Fsp3) is 0.448. The SMILES string of the molecule is Cc1nn(C)c(Cl)c1S(=O)(=O)NC(CC(=O)NC1CCOc2cc(CNCCC(C)C)ccc21)c1ccccc1. The number of rotatable bonds is 12. The largest absolute Gasteiger partial charge is 0.493 e. The molecule has 0 radical (unpaired) electrons. The van der Waals surface area contributed by atoms with Crippen molar-refractivity contribution in [3.63, 3.8) is 0 Å². The fourth-order valence-electron chi connectivity index (χ4n) is 4.83. The Morgan fingerprint density at radius 3 is 2.62 bits per heavy atom. The molecular weight excluding hydrogens is 550 g/mol. The second-order valence-electron chi connectivity index (χ2n) is 10.6. The maximum Gasteiger partial charge on any atom is 0.246 e. The van der Waals surface area contributed by atoms with E-state index >= 15 is 0 Å². The first-order valence-corrected chi connectivity index (χ1v) is 15.4. The highest BCUT2D eigenvalue weighted by Gasteiger charge is 2.31. The maximum absolute atomic E-state index is 13.4. The molecule has 0 saturated heterocycles. The minimum Gasteiger partial charge on any atom is -0.493 e. The molecule has 216 valence electrons. The molecular formula is C29H38ClN5O4S. The van der Waals surface area contributed by atoms with E-state index < -0.39 is 16.1 Å². The summed E-state index contributed by atoms with van der Waals surface area (Å²) in [4.78, 5) is 13.2. The van der Waals surface area contributed by atoms with Crippen LogP contribution in [0.25, 0.3) is 0 Å². The van der Waals surface area contributed by atoms with E-state index in [1.165, 1.54) is 4.68 Å². The van der Waals surface area contributed by atoms with E-state index in [1.807, 2.05) is 18.2 Å². The number of aromatic nitrogens is 2. The highest BCUT2D eigenvalue weighted by molar-refractivity contribution is 7.89. The van der Waals surface area contributed by atoms with Gasteiger partial charge in [-0.15, -0.1) is 0 Å². The molecule has 9 nitrogen and oxygen atoms in total. The third-order valence-electron chi connectivity index (χ3n) is 6.94. The van der Waals surface area contributed by atoms with Crippen molar-refractivity contribution in [3.05, 3.63) is 76.1 Å². The number of carbonyl (C=O) groups is 1. The summed E-state index contributed by atoms with van der Waals surface area (Å²) in [6.07, 6.45) is 1.65. The smallest absolute Gasteiger partial charge is 0.246 e. The number of nitrogens with zero attached hydrogens (tertiary/aromatic N) is 2. The van der Waals surface area contributed by atoms with Crippen LogP contribution in [0.2, 0.25) is 5.15 Å². The average molecular weight is 588 g/mol. The van der Waals surface area contributed by atoms with Crippen LogP contribution in [-0.4, -0.2) is 37.3 Å². The Kier molecular flexibility index (Phi) is 9.89. The van der Waals surface area contributed by atoms with Gasteiger partial charge in [0, 0.05) is 32.0 Å². The quantitative estimate of drug-likeness (QED) is 0.268. The molecule has 11 heteroatoms. The molecule has 0 aliphatic carbocycles. The minimum absolute atomic E-state index is 0.00886. The molecule has 1 aromatic heterocycles. The van der Waals surface area contributed by atoms with Gasteiger partial charge in [0.2, 0.25) is 15.9 Å². The summed E-state index contributed by atoms with van der Waals surface area (Å²) in [5.74, 6) is 1.14. The van der Waals surface area contributed by atoms with E-state index in [1.54, 1.807) is 38.2 Å². The lowest BCUT2D eigenvalue weighted by atomic mass is 9.98. The van der Waals surface area contributed by atoms with Gasteiger partial charge < -0.3 is 15.4 Å².